The minimum absolute atomic E-state index is 0.168. The predicted molar refractivity (Wildman–Crippen MR) is 53.8 cm³/mol. The molecule has 0 bridgehead atoms. The molecule has 0 atom stereocenters. The Morgan fingerprint density at radius 1 is 1.33 bits per heavy atom. The number of fused-ring (bicyclic) bond motifs is 1. The van der Waals surface area contributed by atoms with Crippen molar-refractivity contribution in [1.29, 1.82) is 0 Å². The van der Waals surface area contributed by atoms with E-state index in [9.17, 15) is 9.59 Å². The molecule has 15 heavy (non-hydrogen) atoms. The number of rotatable bonds is 2. The van der Waals surface area contributed by atoms with E-state index in [2.05, 4.69) is 0 Å². The predicted octanol–water partition coefficient (Wildman–Crippen LogP) is 1.42. The van der Waals surface area contributed by atoms with Gasteiger partial charge in [0.05, 0.1) is 6.42 Å². The third-order valence-corrected chi connectivity index (χ3v) is 2.06. The summed E-state index contributed by atoms with van der Waals surface area (Å²) < 4.78 is 4.97. The second-order valence-electron chi connectivity index (χ2n) is 3.17. The summed E-state index contributed by atoms with van der Waals surface area (Å²) in [6, 6.07) is 8.54. The molecule has 76 valence electrons. The van der Waals surface area contributed by atoms with Crippen LogP contribution in [0.25, 0.3) is 11.0 Å². The van der Waals surface area contributed by atoms with Crippen LogP contribution in [-0.4, -0.2) is 11.1 Å². The van der Waals surface area contributed by atoms with Gasteiger partial charge >= 0.3 is 11.6 Å². The SMILES string of the molecule is O=C(O)Cc1cc2ccccc2oc1=O. The van der Waals surface area contributed by atoms with E-state index in [1.54, 1.807) is 30.3 Å². The van der Waals surface area contributed by atoms with Gasteiger partial charge in [0.1, 0.15) is 5.58 Å². The van der Waals surface area contributed by atoms with Crippen molar-refractivity contribution in [3.05, 3.63) is 46.3 Å². The molecule has 0 amide bonds. The Morgan fingerprint density at radius 2 is 2.07 bits per heavy atom. The Bertz CT molecular complexity index is 568. The van der Waals surface area contributed by atoms with Crippen LogP contribution < -0.4 is 5.63 Å². The number of para-hydroxylation sites is 1. The topological polar surface area (TPSA) is 67.5 Å². The molecule has 2 rings (SSSR count). The van der Waals surface area contributed by atoms with Gasteiger partial charge in [-0.3, -0.25) is 4.79 Å². The Morgan fingerprint density at radius 3 is 2.80 bits per heavy atom. The molecule has 4 nitrogen and oxygen atoms in total. The lowest BCUT2D eigenvalue weighted by atomic mass is 10.1. The maximum Gasteiger partial charge on any atom is 0.340 e. The van der Waals surface area contributed by atoms with Crippen LogP contribution in [0.5, 0.6) is 0 Å². The number of aliphatic carboxylic acids is 1. The first-order valence-corrected chi connectivity index (χ1v) is 4.40. The molecule has 1 aromatic carbocycles. The van der Waals surface area contributed by atoms with E-state index in [-0.39, 0.29) is 12.0 Å². The number of hydrogen-bond acceptors (Lipinski definition) is 3. The minimum atomic E-state index is -1.04. The molecule has 1 aromatic heterocycles. The highest BCUT2D eigenvalue weighted by molar-refractivity contribution is 5.78. The van der Waals surface area contributed by atoms with Crippen molar-refractivity contribution in [1.82, 2.24) is 0 Å². The van der Waals surface area contributed by atoms with E-state index in [1.165, 1.54) is 0 Å². The minimum Gasteiger partial charge on any atom is -0.481 e. The molecule has 0 saturated heterocycles. The zero-order chi connectivity index (χ0) is 10.8. The molecule has 0 aliphatic rings. The van der Waals surface area contributed by atoms with E-state index in [1.807, 2.05) is 0 Å². The lowest BCUT2D eigenvalue weighted by Crippen LogP contribution is -2.12. The third kappa shape index (κ3) is 1.88. The number of carbonyl (C=O) groups is 1. The lowest BCUT2D eigenvalue weighted by molar-refractivity contribution is -0.136. The van der Waals surface area contributed by atoms with Gasteiger partial charge in [-0.15, -0.1) is 0 Å². The Kier molecular flexibility index (Phi) is 2.25. The van der Waals surface area contributed by atoms with Gasteiger partial charge in [0.25, 0.3) is 0 Å². The van der Waals surface area contributed by atoms with Crippen LogP contribution in [0.2, 0.25) is 0 Å². The standard InChI is InChI=1S/C11H8O4/c12-10(13)6-8-5-7-3-1-2-4-9(7)15-11(8)14/h1-5H,6H2,(H,12,13). The molecule has 0 spiro atoms. The third-order valence-electron chi connectivity index (χ3n) is 2.06. The molecule has 2 aromatic rings. The van der Waals surface area contributed by atoms with Crippen LogP contribution in [0.15, 0.2) is 39.5 Å². The average molecular weight is 204 g/mol. The van der Waals surface area contributed by atoms with Crippen molar-refractivity contribution in [2.45, 2.75) is 6.42 Å². The maximum atomic E-state index is 11.3. The van der Waals surface area contributed by atoms with Crippen molar-refractivity contribution >= 4 is 16.9 Å². The highest BCUT2D eigenvalue weighted by Gasteiger charge is 2.08. The van der Waals surface area contributed by atoms with E-state index in [0.29, 0.717) is 5.58 Å². The van der Waals surface area contributed by atoms with E-state index >= 15 is 0 Å². The van der Waals surface area contributed by atoms with E-state index in [4.69, 9.17) is 9.52 Å². The number of carboxylic acid groups (broad SMARTS) is 1. The number of benzene rings is 1. The monoisotopic (exact) mass is 204 g/mol. The van der Waals surface area contributed by atoms with E-state index in [0.717, 1.165) is 5.39 Å². The molecule has 0 fully saturated rings. The van der Waals surface area contributed by atoms with Gasteiger partial charge in [-0.2, -0.15) is 0 Å². The summed E-state index contributed by atoms with van der Waals surface area (Å²) >= 11 is 0. The van der Waals surface area contributed by atoms with Crippen molar-refractivity contribution in [2.24, 2.45) is 0 Å². The summed E-state index contributed by atoms with van der Waals surface area (Å²) in [4.78, 5) is 21.8. The molecular weight excluding hydrogens is 196 g/mol. The first kappa shape index (κ1) is 9.45. The highest BCUT2D eigenvalue weighted by atomic mass is 16.4. The van der Waals surface area contributed by atoms with Gasteiger partial charge in [-0.05, 0) is 12.1 Å². The smallest absolute Gasteiger partial charge is 0.340 e. The Hall–Kier alpha value is -2.10. The van der Waals surface area contributed by atoms with Gasteiger partial charge in [0.2, 0.25) is 0 Å². The second kappa shape index (κ2) is 3.57. The Labute approximate surface area is 84.8 Å². The van der Waals surface area contributed by atoms with Gasteiger partial charge in [0, 0.05) is 10.9 Å². The van der Waals surface area contributed by atoms with Gasteiger partial charge in [-0.25, -0.2) is 4.79 Å². The van der Waals surface area contributed by atoms with Crippen LogP contribution in [0, 0.1) is 0 Å². The summed E-state index contributed by atoms with van der Waals surface area (Å²) in [6.45, 7) is 0. The van der Waals surface area contributed by atoms with Crippen molar-refractivity contribution in [3.63, 3.8) is 0 Å². The van der Waals surface area contributed by atoms with Crippen molar-refractivity contribution in [3.8, 4) is 0 Å². The molecule has 0 unspecified atom stereocenters. The number of hydrogen-bond donors (Lipinski definition) is 1. The molecule has 0 aliphatic carbocycles. The fourth-order valence-corrected chi connectivity index (χ4v) is 1.39. The molecule has 1 heterocycles. The number of carboxylic acids is 1. The van der Waals surface area contributed by atoms with E-state index < -0.39 is 11.6 Å². The quantitative estimate of drug-likeness (QED) is 0.751. The zero-order valence-corrected chi connectivity index (χ0v) is 7.77. The van der Waals surface area contributed by atoms with Gasteiger partial charge < -0.3 is 9.52 Å². The fourth-order valence-electron chi connectivity index (χ4n) is 1.39. The largest absolute Gasteiger partial charge is 0.481 e. The maximum absolute atomic E-state index is 11.3. The zero-order valence-electron chi connectivity index (χ0n) is 7.77. The van der Waals surface area contributed by atoms with Crippen LogP contribution in [-0.2, 0) is 11.2 Å². The molecule has 1 N–H and O–H groups in total. The summed E-state index contributed by atoms with van der Waals surface area (Å²) in [5, 5.41) is 9.31. The highest BCUT2D eigenvalue weighted by Crippen LogP contribution is 2.12. The first-order valence-electron chi connectivity index (χ1n) is 4.40. The molecule has 4 heteroatoms. The Balaban J connectivity index is 2.62. The van der Waals surface area contributed by atoms with Gasteiger partial charge in [-0.1, -0.05) is 18.2 Å². The normalized spacial score (nSPS) is 10.4. The van der Waals surface area contributed by atoms with Crippen molar-refractivity contribution in [2.75, 3.05) is 0 Å². The second-order valence-corrected chi connectivity index (χ2v) is 3.17. The molecule has 0 aliphatic heterocycles. The fraction of sp³-hybridized carbons (Fsp3) is 0.0909. The molecule has 0 radical (unpaired) electrons. The van der Waals surface area contributed by atoms with Crippen LogP contribution in [0.1, 0.15) is 5.56 Å². The summed E-state index contributed by atoms with van der Waals surface area (Å²) in [6.07, 6.45) is -0.312. The van der Waals surface area contributed by atoms with Crippen LogP contribution >= 0.6 is 0 Å². The lowest BCUT2D eigenvalue weighted by Gasteiger charge is -1.98. The summed E-state index contributed by atoms with van der Waals surface area (Å²) in [5.74, 6) is -1.04. The van der Waals surface area contributed by atoms with Crippen molar-refractivity contribution < 1.29 is 14.3 Å². The average Bonchev–Trinajstić information content (AvgIpc) is 2.18. The molecular formula is C11H8O4. The first-order chi connectivity index (χ1) is 7.16. The van der Waals surface area contributed by atoms with Crippen LogP contribution in [0.3, 0.4) is 0 Å². The summed E-state index contributed by atoms with van der Waals surface area (Å²) in [7, 11) is 0. The van der Waals surface area contributed by atoms with Gasteiger partial charge in [0.15, 0.2) is 0 Å². The molecule has 0 saturated carbocycles. The summed E-state index contributed by atoms with van der Waals surface area (Å²) in [5.41, 5.74) is 0.0499. The van der Waals surface area contributed by atoms with Crippen LogP contribution in [0.4, 0.5) is 0 Å².